The van der Waals surface area contributed by atoms with Crippen molar-refractivity contribution in [2.75, 3.05) is 24.2 Å². The summed E-state index contributed by atoms with van der Waals surface area (Å²) in [6.45, 7) is 5.06. The Bertz CT molecular complexity index is 594. The Morgan fingerprint density at radius 1 is 1.52 bits per heavy atom. The zero-order chi connectivity index (χ0) is 15.6. The van der Waals surface area contributed by atoms with Gasteiger partial charge < -0.3 is 10.0 Å². The lowest BCUT2D eigenvalue weighted by Gasteiger charge is -2.29. The monoisotopic (exact) mass is 304 g/mol. The van der Waals surface area contributed by atoms with E-state index in [9.17, 15) is 15.2 Å². The smallest absolute Gasteiger partial charge is 0.311 e. The van der Waals surface area contributed by atoms with Crippen LogP contribution in [0.1, 0.15) is 25.8 Å². The van der Waals surface area contributed by atoms with E-state index in [4.69, 9.17) is 0 Å². The highest BCUT2D eigenvalue weighted by Gasteiger charge is 2.47. The van der Waals surface area contributed by atoms with Gasteiger partial charge >= 0.3 is 5.97 Å². The van der Waals surface area contributed by atoms with Crippen LogP contribution in [0.3, 0.4) is 0 Å². The van der Waals surface area contributed by atoms with Crippen LogP contribution in [-0.2, 0) is 4.79 Å². The van der Waals surface area contributed by atoms with Crippen LogP contribution in [0.5, 0.6) is 0 Å². The lowest BCUT2D eigenvalue weighted by Crippen LogP contribution is -2.39. The number of carboxylic acids is 1. The molecule has 1 saturated heterocycles. The fourth-order valence-electron chi connectivity index (χ4n) is 3.00. The molecule has 1 aromatic rings. The second-order valence-electron chi connectivity index (χ2n) is 5.75. The summed E-state index contributed by atoms with van der Waals surface area (Å²) in [6.07, 6.45) is 2.56. The van der Waals surface area contributed by atoms with E-state index in [0.29, 0.717) is 25.1 Å². The van der Waals surface area contributed by atoms with Crippen molar-refractivity contribution in [3.05, 3.63) is 23.8 Å². The number of hydrogen-bond donors (Lipinski definition) is 1. The second-order valence-corrected chi connectivity index (χ2v) is 6.60. The first kappa shape index (κ1) is 15.7. The highest BCUT2D eigenvalue weighted by molar-refractivity contribution is 7.98. The molecule has 0 aliphatic carbocycles. The van der Waals surface area contributed by atoms with Crippen molar-refractivity contribution < 1.29 is 9.90 Å². The summed E-state index contributed by atoms with van der Waals surface area (Å²) >= 11 is 1.54. The van der Waals surface area contributed by atoms with Crippen molar-refractivity contribution in [1.29, 1.82) is 5.26 Å². The van der Waals surface area contributed by atoms with Crippen LogP contribution in [0.2, 0.25) is 0 Å². The lowest BCUT2D eigenvalue weighted by molar-refractivity contribution is -0.150. The van der Waals surface area contributed by atoms with E-state index >= 15 is 0 Å². The maximum absolute atomic E-state index is 11.7. The van der Waals surface area contributed by atoms with Gasteiger partial charge in [0.2, 0.25) is 0 Å². The minimum atomic E-state index is -0.737. The molecular formula is C16H20N2O2S. The van der Waals surface area contributed by atoms with Crippen LogP contribution in [0.4, 0.5) is 5.69 Å². The summed E-state index contributed by atoms with van der Waals surface area (Å²) in [5.74, 6) is -0.672. The topological polar surface area (TPSA) is 64.3 Å². The number of hydrogen-bond acceptors (Lipinski definition) is 4. The van der Waals surface area contributed by atoms with E-state index in [2.05, 4.69) is 6.07 Å². The summed E-state index contributed by atoms with van der Waals surface area (Å²) in [5, 5.41) is 19.1. The highest BCUT2D eigenvalue weighted by Crippen LogP contribution is 2.41. The van der Waals surface area contributed by atoms with Crippen LogP contribution in [0.25, 0.3) is 0 Å². The fraction of sp³-hybridized carbons (Fsp3) is 0.500. The number of anilines is 1. The predicted molar refractivity (Wildman–Crippen MR) is 84.7 cm³/mol. The number of carboxylic acid groups (broad SMARTS) is 1. The second kappa shape index (κ2) is 5.98. The average Bonchev–Trinajstić information content (AvgIpc) is 2.92. The first-order valence-corrected chi connectivity index (χ1v) is 8.24. The van der Waals surface area contributed by atoms with Gasteiger partial charge in [0.05, 0.1) is 16.7 Å². The normalized spacial score (nSPS) is 21.6. The van der Waals surface area contributed by atoms with Crippen molar-refractivity contribution >= 4 is 23.4 Å². The van der Waals surface area contributed by atoms with Gasteiger partial charge in [-0.15, -0.1) is 11.8 Å². The molecule has 1 aliphatic heterocycles. The number of nitrogens with zero attached hydrogens (tertiary/aromatic N) is 2. The van der Waals surface area contributed by atoms with Gasteiger partial charge in [-0.1, -0.05) is 19.9 Å². The molecule has 0 radical (unpaired) electrons. The first-order chi connectivity index (χ1) is 9.96. The van der Waals surface area contributed by atoms with E-state index in [-0.39, 0.29) is 5.92 Å². The largest absolute Gasteiger partial charge is 0.481 e. The number of thioether (sulfide) groups is 1. The number of nitriles is 1. The Morgan fingerprint density at radius 2 is 2.24 bits per heavy atom. The summed E-state index contributed by atoms with van der Waals surface area (Å²) < 4.78 is 0. The number of rotatable bonds is 4. The van der Waals surface area contributed by atoms with Crippen LogP contribution in [-0.4, -0.2) is 30.4 Å². The number of benzene rings is 1. The van der Waals surface area contributed by atoms with Crippen molar-refractivity contribution in [2.24, 2.45) is 11.3 Å². The molecular weight excluding hydrogens is 284 g/mol. The molecule has 0 spiro atoms. The summed E-state index contributed by atoms with van der Waals surface area (Å²) in [4.78, 5) is 14.7. The van der Waals surface area contributed by atoms with Gasteiger partial charge in [0.15, 0.2) is 0 Å². The van der Waals surface area contributed by atoms with E-state index in [1.807, 2.05) is 43.2 Å². The summed E-state index contributed by atoms with van der Waals surface area (Å²) in [5.41, 5.74) is 0.783. The van der Waals surface area contributed by atoms with Crippen molar-refractivity contribution in [2.45, 2.75) is 25.2 Å². The van der Waals surface area contributed by atoms with Gasteiger partial charge in [-0.3, -0.25) is 4.79 Å². The highest BCUT2D eigenvalue weighted by atomic mass is 32.2. The van der Waals surface area contributed by atoms with E-state index in [1.165, 1.54) is 11.8 Å². The van der Waals surface area contributed by atoms with E-state index < -0.39 is 11.4 Å². The molecule has 1 atom stereocenters. The predicted octanol–water partition coefficient (Wildman–Crippen LogP) is 3.22. The summed E-state index contributed by atoms with van der Waals surface area (Å²) in [6, 6.07) is 8.04. The van der Waals surface area contributed by atoms with Crippen LogP contribution < -0.4 is 4.90 Å². The van der Waals surface area contributed by atoms with Crippen molar-refractivity contribution in [3.63, 3.8) is 0 Å². The molecule has 2 rings (SSSR count). The molecule has 5 heteroatoms. The third-order valence-corrected chi connectivity index (χ3v) is 5.29. The Balaban J connectivity index is 2.39. The molecule has 1 aromatic carbocycles. The SMILES string of the molecule is CSc1cccc(N2CCC(C(=O)O)(C(C)C)C2)c1C#N. The molecule has 1 heterocycles. The van der Waals surface area contributed by atoms with Gasteiger partial charge in [-0.05, 0) is 30.7 Å². The van der Waals surface area contributed by atoms with Crippen molar-refractivity contribution in [3.8, 4) is 6.07 Å². The third-order valence-electron chi connectivity index (χ3n) is 4.51. The third kappa shape index (κ3) is 2.60. The van der Waals surface area contributed by atoms with Gasteiger partial charge in [-0.25, -0.2) is 0 Å². The fourth-order valence-corrected chi connectivity index (χ4v) is 3.57. The van der Waals surface area contributed by atoms with Gasteiger partial charge in [0.25, 0.3) is 0 Å². The number of carbonyl (C=O) groups is 1. The molecule has 1 unspecified atom stereocenters. The molecule has 1 fully saturated rings. The van der Waals surface area contributed by atoms with E-state index in [1.54, 1.807) is 0 Å². The molecule has 0 saturated carbocycles. The van der Waals surface area contributed by atoms with Gasteiger partial charge in [0, 0.05) is 18.0 Å². The van der Waals surface area contributed by atoms with Gasteiger partial charge in [-0.2, -0.15) is 5.26 Å². The average molecular weight is 304 g/mol. The molecule has 0 amide bonds. The molecule has 0 aromatic heterocycles. The Kier molecular flexibility index (Phi) is 4.48. The summed E-state index contributed by atoms with van der Waals surface area (Å²) in [7, 11) is 0. The van der Waals surface area contributed by atoms with Gasteiger partial charge in [0.1, 0.15) is 6.07 Å². The minimum Gasteiger partial charge on any atom is -0.481 e. The zero-order valence-corrected chi connectivity index (χ0v) is 13.4. The minimum absolute atomic E-state index is 0.0641. The maximum Gasteiger partial charge on any atom is 0.311 e. The molecule has 1 aliphatic rings. The number of aliphatic carboxylic acids is 1. The Labute approximate surface area is 129 Å². The molecule has 112 valence electrons. The molecule has 0 bridgehead atoms. The quantitative estimate of drug-likeness (QED) is 0.865. The standard InChI is InChI=1S/C16H20N2O2S/c1-11(2)16(15(19)20)7-8-18(10-16)13-5-4-6-14(21-3)12(13)9-17/h4-6,11H,7-8,10H2,1-3H3,(H,19,20). The lowest BCUT2D eigenvalue weighted by atomic mass is 9.76. The first-order valence-electron chi connectivity index (χ1n) is 7.01. The van der Waals surface area contributed by atoms with Crippen LogP contribution in [0, 0.1) is 22.7 Å². The molecule has 21 heavy (non-hydrogen) atoms. The zero-order valence-electron chi connectivity index (χ0n) is 12.6. The Morgan fingerprint density at radius 3 is 2.71 bits per heavy atom. The van der Waals surface area contributed by atoms with E-state index in [0.717, 1.165) is 10.6 Å². The van der Waals surface area contributed by atoms with Crippen LogP contribution >= 0.6 is 11.8 Å². The molecule has 4 nitrogen and oxygen atoms in total. The maximum atomic E-state index is 11.7. The van der Waals surface area contributed by atoms with Crippen LogP contribution in [0.15, 0.2) is 23.1 Å². The Hall–Kier alpha value is -1.67. The van der Waals surface area contributed by atoms with Crippen molar-refractivity contribution in [1.82, 2.24) is 0 Å². The molecule has 1 N–H and O–H groups in total.